The molecular weight excluding hydrogens is 897 g/mol. The Bertz CT molecular complexity index is 1600. The Balaban J connectivity index is 0.000000320. The SMILES string of the molecule is O=C(c1ccc(F)cc1)c1ccc(OC[C-](F)F)c([N+](=O)[O-])c1.O=C(c1ccc(F)cc1)c1ccc(OC[C-](F)F)c([N+](=O)[O-])c1.[Rf]. The molecule has 242 valence electrons. The van der Waals surface area contributed by atoms with Crippen LogP contribution in [0.2, 0.25) is 0 Å². The van der Waals surface area contributed by atoms with Gasteiger partial charge >= 0.3 is 11.4 Å². The number of nitrogens with zero attached hydrogens (tertiary/aromatic N) is 2. The third kappa shape index (κ3) is 10.1. The summed E-state index contributed by atoms with van der Waals surface area (Å²) in [7, 11) is 0. The zero-order valence-electron chi connectivity index (χ0n) is 23.6. The normalized spacial score (nSPS) is 10.4. The minimum absolute atomic E-state index is 0. The fraction of sp³-hybridized carbons (Fsp3) is 0.0667. The first-order chi connectivity index (χ1) is 21.8. The van der Waals surface area contributed by atoms with Gasteiger partial charge in [-0.25, -0.2) is 8.78 Å². The van der Waals surface area contributed by atoms with Gasteiger partial charge in [-0.3, -0.25) is 29.8 Å². The van der Waals surface area contributed by atoms with E-state index >= 15 is 0 Å². The largest absolute Gasteiger partial charge is 0.515 e. The van der Waals surface area contributed by atoms with Crippen molar-refractivity contribution in [3.63, 3.8) is 0 Å². The van der Waals surface area contributed by atoms with Gasteiger partial charge in [-0.15, -0.1) is 0 Å². The van der Waals surface area contributed by atoms with E-state index in [2.05, 4.69) is 9.47 Å². The first-order valence-corrected chi connectivity index (χ1v) is 12.5. The molecular formula is C30H18F6N2O8Rf-2. The zero-order chi connectivity index (χ0) is 34.0. The standard InChI is InChI=1S/2C15H9F3NO4.Rf/c2*16-11-4-1-9(2-5-11)15(20)10-3-6-13(23-8-14(17)18)12(7-10)19(21)22;/h2*1-7H,8H2;/q2*-1;. The van der Waals surface area contributed by atoms with Gasteiger partial charge in [0.05, 0.1) is 9.85 Å². The van der Waals surface area contributed by atoms with Crippen molar-refractivity contribution in [2.24, 2.45) is 0 Å². The van der Waals surface area contributed by atoms with Crippen molar-refractivity contribution in [2.45, 2.75) is 0 Å². The van der Waals surface area contributed by atoms with Crippen molar-refractivity contribution >= 4 is 22.9 Å². The summed E-state index contributed by atoms with van der Waals surface area (Å²) in [5, 5.41) is 22.0. The number of benzene rings is 4. The fourth-order valence-electron chi connectivity index (χ4n) is 3.65. The maximum Gasteiger partial charge on any atom is 0.311 e. The van der Waals surface area contributed by atoms with Crippen LogP contribution in [0.1, 0.15) is 31.8 Å². The monoisotopic (exact) mass is 915 g/mol. The first kappa shape index (κ1) is 36.4. The number of nitro benzene ring substituents is 2. The summed E-state index contributed by atoms with van der Waals surface area (Å²) >= 11 is 0. The maximum absolute atomic E-state index is 12.8. The molecule has 0 aliphatic heterocycles. The van der Waals surface area contributed by atoms with Gasteiger partial charge in [0.25, 0.3) is 0 Å². The van der Waals surface area contributed by atoms with Gasteiger partial charge in [0, 0.05) is 60.5 Å². The van der Waals surface area contributed by atoms with Crippen LogP contribution in [0.4, 0.5) is 37.7 Å². The molecule has 17 heteroatoms. The van der Waals surface area contributed by atoms with Gasteiger partial charge in [-0.05, 0) is 72.8 Å². The van der Waals surface area contributed by atoms with E-state index in [0.717, 1.165) is 48.5 Å². The van der Waals surface area contributed by atoms with Gasteiger partial charge in [0.15, 0.2) is 23.1 Å². The number of halogens is 6. The number of rotatable bonds is 12. The average molecular weight is 915 g/mol. The van der Waals surface area contributed by atoms with Crippen molar-refractivity contribution in [3.05, 3.63) is 152 Å². The number of carbonyl (C=O) groups is 2. The third-order valence-corrected chi connectivity index (χ3v) is 5.72. The number of hydrogen-bond acceptors (Lipinski definition) is 8. The molecule has 4 aromatic rings. The van der Waals surface area contributed by atoms with Crippen molar-refractivity contribution < 1.29 is 55.3 Å². The molecule has 0 fully saturated rings. The summed E-state index contributed by atoms with van der Waals surface area (Å²) in [6, 6.07) is 15.7. The van der Waals surface area contributed by atoms with Gasteiger partial charge in [0.2, 0.25) is 0 Å². The fourth-order valence-corrected chi connectivity index (χ4v) is 3.65. The van der Waals surface area contributed by atoms with E-state index in [1.54, 1.807) is 0 Å². The van der Waals surface area contributed by atoms with E-state index in [9.17, 15) is 56.2 Å². The van der Waals surface area contributed by atoms with Crippen LogP contribution >= 0.6 is 0 Å². The third-order valence-electron chi connectivity index (χ3n) is 5.72. The molecule has 0 spiro atoms. The molecule has 0 atom stereocenters. The Labute approximate surface area is 255 Å². The van der Waals surface area contributed by atoms with E-state index in [4.69, 9.17) is 0 Å². The van der Waals surface area contributed by atoms with E-state index in [-0.39, 0.29) is 33.8 Å². The molecule has 4 rings (SSSR count). The predicted octanol–water partition coefficient (Wildman–Crippen LogP) is 7.54. The van der Waals surface area contributed by atoms with Gasteiger partial charge in [-0.2, -0.15) is 0 Å². The summed E-state index contributed by atoms with van der Waals surface area (Å²) in [6.45, 7) is -2.15. The summed E-state index contributed by atoms with van der Waals surface area (Å²) in [5.74, 6) is -2.94. The van der Waals surface area contributed by atoms with Crippen molar-refractivity contribution in [2.75, 3.05) is 13.2 Å². The van der Waals surface area contributed by atoms with Crippen molar-refractivity contribution in [1.29, 1.82) is 0 Å². The number of ketones is 2. The molecule has 0 N–H and O–H groups in total. The molecule has 0 bridgehead atoms. The Hall–Kier alpha value is -6.80. The number of carbonyl (C=O) groups excluding carboxylic acids is 2. The summed E-state index contributed by atoms with van der Waals surface area (Å²) < 4.78 is 83.2. The minimum atomic E-state index is -2.04. The number of ether oxygens (including phenoxy) is 2. The minimum Gasteiger partial charge on any atom is -0.515 e. The van der Waals surface area contributed by atoms with Crippen LogP contribution in [0.25, 0.3) is 0 Å². The molecule has 0 amide bonds. The molecule has 0 aliphatic carbocycles. The summed E-state index contributed by atoms with van der Waals surface area (Å²) in [4.78, 5) is 44.7. The second kappa shape index (κ2) is 16.3. The van der Waals surface area contributed by atoms with E-state index in [0.29, 0.717) is 0 Å². The maximum atomic E-state index is 12.8. The molecule has 0 heterocycles. The molecule has 0 aliphatic rings. The Morgan fingerprint density at radius 1 is 0.574 bits per heavy atom. The average Bonchev–Trinajstić information content (AvgIpc) is 3.02. The molecule has 0 saturated heterocycles. The van der Waals surface area contributed by atoms with Crippen LogP contribution in [0.15, 0.2) is 84.9 Å². The Morgan fingerprint density at radius 2 is 0.872 bits per heavy atom. The van der Waals surface area contributed by atoms with E-state index < -0.39 is 70.5 Å². The van der Waals surface area contributed by atoms with Crippen LogP contribution in [0.3, 0.4) is 0 Å². The van der Waals surface area contributed by atoms with Gasteiger partial charge in [-0.1, -0.05) is 0 Å². The topological polar surface area (TPSA) is 139 Å². The van der Waals surface area contributed by atoms with Crippen molar-refractivity contribution in [3.8, 4) is 11.5 Å². The molecule has 10 nitrogen and oxygen atoms in total. The van der Waals surface area contributed by atoms with Crippen LogP contribution in [0.5, 0.6) is 11.5 Å². The smallest absolute Gasteiger partial charge is 0.311 e. The van der Waals surface area contributed by atoms with Crippen molar-refractivity contribution in [1.82, 2.24) is 0 Å². The van der Waals surface area contributed by atoms with E-state index in [1.807, 2.05) is 0 Å². The molecule has 0 unspecified atom stereocenters. The Kier molecular flexibility index (Phi) is 12.6. The second-order valence-electron chi connectivity index (χ2n) is 8.81. The van der Waals surface area contributed by atoms with E-state index in [1.165, 1.54) is 36.4 Å². The Morgan fingerprint density at radius 3 is 1.15 bits per heavy atom. The molecule has 0 radical (unpaired) electrons. The summed E-state index contributed by atoms with van der Waals surface area (Å²) in [5.41, 5.74) is -1.03. The first-order valence-electron chi connectivity index (χ1n) is 12.5. The number of nitro groups is 2. The predicted molar refractivity (Wildman–Crippen MR) is 148 cm³/mol. The molecule has 0 saturated carbocycles. The molecule has 47 heavy (non-hydrogen) atoms. The number of hydrogen-bond donors (Lipinski definition) is 0. The van der Waals surface area contributed by atoms with Gasteiger partial charge < -0.3 is 27.0 Å². The zero-order valence-corrected chi connectivity index (χ0v) is 30.0. The van der Waals surface area contributed by atoms with Crippen LogP contribution in [-0.4, -0.2) is 34.6 Å². The van der Waals surface area contributed by atoms with Crippen LogP contribution in [0, 0.1) is 44.7 Å². The second-order valence-corrected chi connectivity index (χ2v) is 8.81. The molecule has 4 aromatic carbocycles. The summed E-state index contributed by atoms with van der Waals surface area (Å²) in [6.07, 6.45) is -4.07. The van der Waals surface area contributed by atoms with Crippen LogP contribution < -0.4 is 9.47 Å². The molecule has 0 aromatic heterocycles. The van der Waals surface area contributed by atoms with Gasteiger partial charge in [0.1, 0.15) is 11.6 Å². The van der Waals surface area contributed by atoms with Crippen LogP contribution in [-0.2, 0) is 0 Å². The quantitative estimate of drug-likeness (QED) is 0.0467.